The topological polar surface area (TPSA) is 104 Å². The molecular formula is C21H20F5N3O4. The predicted octanol–water partition coefficient (Wildman–Crippen LogP) is 3.55. The molecule has 1 aliphatic rings. The van der Waals surface area contributed by atoms with Crippen LogP contribution in [0.1, 0.15) is 35.8 Å². The van der Waals surface area contributed by atoms with E-state index in [-0.39, 0.29) is 16.9 Å². The molecule has 3 N–H and O–H groups in total. The maximum atomic E-state index is 14.4. The molecule has 1 aromatic heterocycles. The maximum absolute atomic E-state index is 14.4. The van der Waals surface area contributed by atoms with Crippen LogP contribution in [0.2, 0.25) is 0 Å². The minimum absolute atomic E-state index is 0.0247. The Morgan fingerprint density at radius 3 is 2.48 bits per heavy atom. The number of halogens is 5. The van der Waals surface area contributed by atoms with Crippen molar-refractivity contribution in [1.82, 2.24) is 4.98 Å². The first kappa shape index (κ1) is 24.4. The van der Waals surface area contributed by atoms with Gasteiger partial charge < -0.3 is 20.5 Å². The zero-order valence-corrected chi connectivity index (χ0v) is 17.7. The summed E-state index contributed by atoms with van der Waals surface area (Å²) in [7, 11) is 1.03. The molecule has 2 heterocycles. The van der Waals surface area contributed by atoms with Gasteiger partial charge in [-0.1, -0.05) is 13.0 Å². The highest BCUT2D eigenvalue weighted by atomic mass is 19.4. The third-order valence-corrected chi connectivity index (χ3v) is 5.85. The number of alkyl halides is 3. The number of aromatic nitrogens is 1. The van der Waals surface area contributed by atoms with Crippen molar-refractivity contribution in [2.75, 3.05) is 12.4 Å². The first-order chi connectivity index (χ1) is 15.3. The molecular weight excluding hydrogens is 453 g/mol. The summed E-state index contributed by atoms with van der Waals surface area (Å²) in [6.45, 7) is 1.98. The lowest BCUT2D eigenvalue weighted by atomic mass is 9.77. The van der Waals surface area contributed by atoms with Crippen molar-refractivity contribution in [2.24, 2.45) is 11.7 Å². The Balaban J connectivity index is 2.07. The molecule has 178 valence electrons. The predicted molar refractivity (Wildman–Crippen MR) is 106 cm³/mol. The van der Waals surface area contributed by atoms with E-state index in [4.69, 9.17) is 15.2 Å². The largest absolute Gasteiger partial charge is 0.493 e. The van der Waals surface area contributed by atoms with Gasteiger partial charge in [0.25, 0.3) is 11.8 Å². The average molecular weight is 473 g/mol. The molecule has 1 saturated heterocycles. The van der Waals surface area contributed by atoms with Gasteiger partial charge in [-0.15, -0.1) is 0 Å². The van der Waals surface area contributed by atoms with Crippen molar-refractivity contribution in [3.63, 3.8) is 0 Å². The SMILES string of the molecule is COc1c([C@@H]2[C@@H](C(=O)Nc3ccnc(C(N)=O)c3)O[C@@](C)(C(F)(F)F)[C@@H]2C)ccc(F)c1F. The molecule has 0 spiro atoms. The Bertz CT molecular complexity index is 1090. The Hall–Kier alpha value is -3.28. The number of nitrogens with zero attached hydrogens (tertiary/aromatic N) is 1. The van der Waals surface area contributed by atoms with Crippen molar-refractivity contribution < 1.29 is 41.0 Å². The molecule has 2 aromatic rings. The van der Waals surface area contributed by atoms with Crippen molar-refractivity contribution in [2.45, 2.75) is 37.6 Å². The summed E-state index contributed by atoms with van der Waals surface area (Å²) in [5, 5.41) is 2.36. The summed E-state index contributed by atoms with van der Waals surface area (Å²) in [5.74, 6) is -7.94. The van der Waals surface area contributed by atoms with E-state index in [0.29, 0.717) is 0 Å². The minimum atomic E-state index is -4.89. The maximum Gasteiger partial charge on any atom is 0.417 e. The van der Waals surface area contributed by atoms with Gasteiger partial charge in [0.05, 0.1) is 7.11 Å². The first-order valence-corrected chi connectivity index (χ1v) is 9.65. The summed E-state index contributed by atoms with van der Waals surface area (Å²) in [6.07, 6.45) is -5.49. The lowest BCUT2D eigenvalue weighted by Gasteiger charge is -2.32. The van der Waals surface area contributed by atoms with E-state index < -0.39 is 58.9 Å². The monoisotopic (exact) mass is 473 g/mol. The van der Waals surface area contributed by atoms with Gasteiger partial charge in [-0.2, -0.15) is 17.6 Å². The van der Waals surface area contributed by atoms with Gasteiger partial charge in [-0.25, -0.2) is 4.39 Å². The number of ether oxygens (including phenoxy) is 2. The standard InChI is InChI=1S/C21H20F5N3O4/c1-9-14(11-4-5-12(22)15(23)16(11)32-3)17(33-20(9,2)21(24,25)26)19(31)29-10-6-7-28-13(8-10)18(27)30/h4-9,14,17H,1-3H3,(H2,27,30)(H,28,29,31)/t9-,14-,17+,20-/m1/s1. The van der Waals surface area contributed by atoms with Crippen LogP contribution in [0, 0.1) is 17.6 Å². The van der Waals surface area contributed by atoms with Gasteiger partial charge in [0, 0.05) is 29.3 Å². The number of carbonyl (C=O) groups excluding carboxylic acids is 2. The number of pyridine rings is 1. The summed E-state index contributed by atoms with van der Waals surface area (Å²) >= 11 is 0. The van der Waals surface area contributed by atoms with Crippen LogP contribution >= 0.6 is 0 Å². The van der Waals surface area contributed by atoms with Crippen molar-refractivity contribution in [1.29, 1.82) is 0 Å². The van der Waals surface area contributed by atoms with Crippen LogP contribution in [0.15, 0.2) is 30.5 Å². The van der Waals surface area contributed by atoms with Crippen LogP contribution in [0.5, 0.6) is 5.75 Å². The molecule has 0 unspecified atom stereocenters. The van der Waals surface area contributed by atoms with Crippen molar-refractivity contribution in [3.05, 3.63) is 53.4 Å². The van der Waals surface area contributed by atoms with Crippen LogP contribution in [-0.4, -0.2) is 41.8 Å². The van der Waals surface area contributed by atoms with Gasteiger partial charge in [0.2, 0.25) is 5.82 Å². The number of hydrogen-bond donors (Lipinski definition) is 2. The summed E-state index contributed by atoms with van der Waals surface area (Å²) < 4.78 is 80.1. The number of nitrogens with two attached hydrogens (primary N) is 1. The van der Waals surface area contributed by atoms with Gasteiger partial charge in [0.15, 0.2) is 17.2 Å². The smallest absolute Gasteiger partial charge is 0.417 e. The molecule has 1 fully saturated rings. The molecule has 2 amide bonds. The van der Waals surface area contributed by atoms with E-state index in [2.05, 4.69) is 10.3 Å². The quantitative estimate of drug-likeness (QED) is 0.647. The van der Waals surface area contributed by atoms with E-state index in [1.54, 1.807) is 0 Å². The highest BCUT2D eigenvalue weighted by molar-refractivity contribution is 5.97. The van der Waals surface area contributed by atoms with Crippen LogP contribution in [-0.2, 0) is 9.53 Å². The summed E-state index contributed by atoms with van der Waals surface area (Å²) in [6, 6.07) is 4.22. The van der Waals surface area contributed by atoms with E-state index in [1.165, 1.54) is 19.2 Å². The zero-order valence-electron chi connectivity index (χ0n) is 17.7. The highest BCUT2D eigenvalue weighted by Crippen LogP contribution is 2.55. The number of hydrogen-bond acceptors (Lipinski definition) is 5. The number of carbonyl (C=O) groups is 2. The molecule has 1 aromatic carbocycles. The molecule has 0 bridgehead atoms. The number of amides is 2. The average Bonchev–Trinajstić information content (AvgIpc) is 3.02. The molecule has 4 atom stereocenters. The fraction of sp³-hybridized carbons (Fsp3) is 0.381. The van der Waals surface area contributed by atoms with Crippen LogP contribution in [0.25, 0.3) is 0 Å². The van der Waals surface area contributed by atoms with Crippen LogP contribution < -0.4 is 15.8 Å². The summed E-state index contributed by atoms with van der Waals surface area (Å²) in [4.78, 5) is 28.1. The van der Waals surface area contributed by atoms with Crippen molar-refractivity contribution >= 4 is 17.5 Å². The van der Waals surface area contributed by atoms with E-state index in [0.717, 1.165) is 32.2 Å². The zero-order chi connectivity index (χ0) is 24.7. The number of benzene rings is 1. The van der Waals surface area contributed by atoms with Crippen LogP contribution in [0.3, 0.4) is 0 Å². The van der Waals surface area contributed by atoms with E-state index in [9.17, 15) is 31.5 Å². The number of methoxy groups -OCH3 is 1. The third kappa shape index (κ3) is 4.22. The number of anilines is 1. The fourth-order valence-corrected chi connectivity index (χ4v) is 3.90. The Morgan fingerprint density at radius 2 is 1.91 bits per heavy atom. The molecule has 1 aliphatic heterocycles. The molecule has 7 nitrogen and oxygen atoms in total. The lowest BCUT2D eigenvalue weighted by Crippen LogP contribution is -2.47. The molecule has 0 aliphatic carbocycles. The van der Waals surface area contributed by atoms with Gasteiger partial charge in [0.1, 0.15) is 11.8 Å². The molecule has 33 heavy (non-hydrogen) atoms. The van der Waals surface area contributed by atoms with E-state index >= 15 is 0 Å². The van der Waals surface area contributed by atoms with Gasteiger partial charge >= 0.3 is 6.18 Å². The number of nitrogens with one attached hydrogen (secondary N) is 1. The number of primary amides is 1. The highest BCUT2D eigenvalue weighted by Gasteiger charge is 2.65. The molecule has 3 rings (SSSR count). The Kier molecular flexibility index (Phi) is 6.33. The lowest BCUT2D eigenvalue weighted by molar-refractivity contribution is -0.272. The first-order valence-electron chi connectivity index (χ1n) is 9.65. The second kappa shape index (κ2) is 8.58. The third-order valence-electron chi connectivity index (χ3n) is 5.85. The second-order valence-electron chi connectivity index (χ2n) is 7.72. The molecule has 0 radical (unpaired) electrons. The van der Waals surface area contributed by atoms with Crippen LogP contribution in [0.4, 0.5) is 27.6 Å². The van der Waals surface area contributed by atoms with Gasteiger partial charge in [-0.3, -0.25) is 14.6 Å². The Labute approximate surface area is 185 Å². The number of rotatable bonds is 5. The molecule has 0 saturated carbocycles. The van der Waals surface area contributed by atoms with Crippen molar-refractivity contribution in [3.8, 4) is 5.75 Å². The van der Waals surface area contributed by atoms with Gasteiger partial charge in [-0.05, 0) is 25.1 Å². The minimum Gasteiger partial charge on any atom is -0.493 e. The normalized spacial score (nSPS) is 25.0. The Morgan fingerprint density at radius 1 is 1.24 bits per heavy atom. The summed E-state index contributed by atoms with van der Waals surface area (Å²) in [5.41, 5.74) is 2.04. The fourth-order valence-electron chi connectivity index (χ4n) is 3.90. The molecule has 12 heteroatoms. The second-order valence-corrected chi connectivity index (χ2v) is 7.72. The van der Waals surface area contributed by atoms with E-state index in [1.807, 2.05) is 0 Å².